The van der Waals surface area contributed by atoms with Crippen molar-refractivity contribution in [3.8, 4) is 0 Å². The monoisotopic (exact) mass is 357 g/mol. The summed E-state index contributed by atoms with van der Waals surface area (Å²) in [6.45, 7) is 0. The van der Waals surface area contributed by atoms with Gasteiger partial charge in [0.25, 0.3) is 0 Å². The molecule has 22 heavy (non-hydrogen) atoms. The Morgan fingerprint density at radius 3 is 2.45 bits per heavy atom. The van der Waals surface area contributed by atoms with Gasteiger partial charge in [-0.1, -0.05) is 0 Å². The third-order valence-electron chi connectivity index (χ3n) is 3.37. The normalized spacial score (nSPS) is 23.7. The first-order valence-corrected chi connectivity index (χ1v) is 9.73. The summed E-state index contributed by atoms with van der Waals surface area (Å²) in [5.41, 5.74) is -1.07. The zero-order chi connectivity index (χ0) is 16.7. The van der Waals surface area contributed by atoms with E-state index in [1.165, 1.54) is 6.26 Å². The van der Waals surface area contributed by atoms with E-state index in [1.54, 1.807) is 0 Å². The summed E-state index contributed by atoms with van der Waals surface area (Å²) >= 11 is -1.62. The number of aromatic nitrogens is 2. The molecule has 1 aromatic rings. The molecular weight excluding hydrogens is 343 g/mol. The summed E-state index contributed by atoms with van der Waals surface area (Å²) < 4.78 is 72.7. The Labute approximate surface area is 128 Å². The molecule has 2 rings (SSSR count). The molecule has 1 N–H and O–H groups in total. The molecule has 124 valence electrons. The minimum atomic E-state index is -4.66. The molecule has 0 bridgehead atoms. The molecule has 1 fully saturated rings. The molecule has 1 heterocycles. The van der Waals surface area contributed by atoms with Gasteiger partial charge in [0.2, 0.25) is 0 Å². The quantitative estimate of drug-likeness (QED) is 0.643. The average Bonchev–Trinajstić information content (AvgIpc) is 2.30. The van der Waals surface area contributed by atoms with Crippen LogP contribution in [0.25, 0.3) is 0 Å². The van der Waals surface area contributed by atoms with E-state index >= 15 is 0 Å². The van der Waals surface area contributed by atoms with Crippen molar-refractivity contribution in [3.05, 3.63) is 11.8 Å². The largest absolute Gasteiger partial charge is 0.609 e. The van der Waals surface area contributed by atoms with Crippen LogP contribution in [-0.4, -0.2) is 46.7 Å². The van der Waals surface area contributed by atoms with Crippen molar-refractivity contribution in [1.82, 2.24) is 9.97 Å². The fraction of sp³-hybridized carbons (Fsp3) is 0.636. The van der Waals surface area contributed by atoms with E-state index in [2.05, 4.69) is 15.3 Å². The van der Waals surface area contributed by atoms with Crippen LogP contribution >= 0.6 is 0 Å². The first kappa shape index (κ1) is 17.3. The van der Waals surface area contributed by atoms with Gasteiger partial charge in [-0.05, 0) is 12.8 Å². The van der Waals surface area contributed by atoms with E-state index in [0.717, 1.165) is 6.26 Å². The minimum absolute atomic E-state index is 0.213. The number of halogens is 3. The summed E-state index contributed by atoms with van der Waals surface area (Å²) in [4.78, 5) is 7.10. The summed E-state index contributed by atoms with van der Waals surface area (Å²) in [6, 6.07) is -0.422. The van der Waals surface area contributed by atoms with Crippen LogP contribution in [0.4, 0.5) is 19.0 Å². The Morgan fingerprint density at radius 1 is 1.41 bits per heavy atom. The van der Waals surface area contributed by atoms with Crippen molar-refractivity contribution >= 4 is 26.8 Å². The van der Waals surface area contributed by atoms with Crippen LogP contribution < -0.4 is 5.32 Å². The second-order valence-corrected chi connectivity index (χ2v) is 8.73. The molecule has 11 heteroatoms. The molecule has 0 aliphatic heterocycles. The van der Waals surface area contributed by atoms with Crippen LogP contribution in [0.1, 0.15) is 18.4 Å². The summed E-state index contributed by atoms with van der Waals surface area (Å²) in [6.07, 6.45) is -1.29. The fourth-order valence-corrected chi connectivity index (χ4v) is 3.63. The van der Waals surface area contributed by atoms with E-state index in [-0.39, 0.29) is 18.0 Å². The van der Waals surface area contributed by atoms with Gasteiger partial charge in [0, 0.05) is 29.7 Å². The van der Waals surface area contributed by atoms with Gasteiger partial charge >= 0.3 is 11.3 Å². The summed E-state index contributed by atoms with van der Waals surface area (Å²) in [7, 11) is -3.20. The van der Waals surface area contributed by atoms with Crippen LogP contribution in [0.5, 0.6) is 0 Å². The van der Waals surface area contributed by atoms with E-state index in [9.17, 15) is 26.1 Å². The van der Waals surface area contributed by atoms with Crippen LogP contribution in [0.3, 0.4) is 0 Å². The zero-order valence-electron chi connectivity index (χ0n) is 11.7. The Balaban J connectivity index is 2.20. The number of hydrogen-bond acceptors (Lipinski definition) is 6. The molecular formula is C11H14F3N3O3S2. The highest BCUT2D eigenvalue weighted by molar-refractivity contribution is 7.91. The van der Waals surface area contributed by atoms with E-state index in [0.29, 0.717) is 6.20 Å². The molecule has 1 aliphatic rings. The molecule has 1 aromatic heterocycles. The highest BCUT2D eigenvalue weighted by Gasteiger charge is 2.40. The highest BCUT2D eigenvalue weighted by Crippen LogP contribution is 2.36. The maximum Gasteiger partial charge on any atom is 0.421 e. The zero-order valence-corrected chi connectivity index (χ0v) is 13.3. The number of rotatable bonds is 4. The first-order valence-electron chi connectivity index (χ1n) is 6.21. The van der Waals surface area contributed by atoms with Gasteiger partial charge in [-0.25, -0.2) is 8.42 Å². The van der Waals surface area contributed by atoms with Crippen molar-refractivity contribution in [3.63, 3.8) is 0 Å². The third-order valence-corrected chi connectivity index (χ3v) is 5.68. The molecule has 0 aromatic carbocycles. The lowest BCUT2D eigenvalue weighted by Gasteiger charge is -2.35. The van der Waals surface area contributed by atoms with Crippen molar-refractivity contribution in [2.24, 2.45) is 0 Å². The van der Waals surface area contributed by atoms with Gasteiger partial charge in [-0.15, -0.1) is 0 Å². The van der Waals surface area contributed by atoms with Crippen LogP contribution in [-0.2, 0) is 27.2 Å². The fourth-order valence-electron chi connectivity index (χ4n) is 2.05. The number of sulfone groups is 1. The SMILES string of the molecule is C[S+]([O-])c1ncc(C(F)(F)F)c(NC2CC(S(C)(=O)=O)C2)n1. The maximum atomic E-state index is 12.9. The standard InChI is InChI=1S/C11H14F3N3O3S2/c1-21(18)10-15-5-8(11(12,13)14)9(17-10)16-6-3-7(4-6)22(2,19)20/h5-7H,3-4H2,1-2H3,(H,15,16,17). The van der Waals surface area contributed by atoms with Crippen molar-refractivity contribution in [2.45, 2.75) is 35.5 Å². The predicted octanol–water partition coefficient (Wildman–Crippen LogP) is 1.22. The Morgan fingerprint density at radius 2 is 2.00 bits per heavy atom. The Kier molecular flexibility index (Phi) is 4.60. The summed E-state index contributed by atoms with van der Waals surface area (Å²) in [5.74, 6) is -0.468. The van der Waals surface area contributed by atoms with Crippen molar-refractivity contribution in [2.75, 3.05) is 17.8 Å². The van der Waals surface area contributed by atoms with Gasteiger partial charge in [0.1, 0.15) is 27.5 Å². The molecule has 0 amide bonds. The average molecular weight is 357 g/mol. The number of nitrogens with one attached hydrogen (secondary N) is 1. The number of hydrogen-bond donors (Lipinski definition) is 1. The van der Waals surface area contributed by atoms with E-state index in [1.807, 2.05) is 0 Å². The minimum Gasteiger partial charge on any atom is -0.609 e. The van der Waals surface area contributed by atoms with Gasteiger partial charge in [0.05, 0.1) is 5.25 Å². The topological polar surface area (TPSA) is 95.0 Å². The van der Waals surface area contributed by atoms with Crippen LogP contribution in [0, 0.1) is 0 Å². The second-order valence-electron chi connectivity index (χ2n) is 5.13. The molecule has 1 unspecified atom stereocenters. The lowest BCUT2D eigenvalue weighted by atomic mass is 9.92. The van der Waals surface area contributed by atoms with Crippen molar-refractivity contribution < 1.29 is 26.1 Å². The third kappa shape index (κ3) is 3.82. The molecule has 1 aliphatic carbocycles. The van der Waals surface area contributed by atoms with Crippen LogP contribution in [0.15, 0.2) is 11.4 Å². The number of anilines is 1. The van der Waals surface area contributed by atoms with Gasteiger partial charge in [0.15, 0.2) is 0 Å². The molecule has 1 saturated carbocycles. The molecule has 0 saturated heterocycles. The Hall–Kier alpha value is -1.07. The summed E-state index contributed by atoms with van der Waals surface area (Å²) in [5, 5.41) is 1.81. The Bertz CT molecular complexity index is 658. The van der Waals surface area contributed by atoms with Gasteiger partial charge in [-0.2, -0.15) is 23.1 Å². The lowest BCUT2D eigenvalue weighted by molar-refractivity contribution is -0.137. The molecule has 6 nitrogen and oxygen atoms in total. The lowest BCUT2D eigenvalue weighted by Crippen LogP contribution is -2.44. The number of alkyl halides is 3. The van der Waals surface area contributed by atoms with E-state index < -0.39 is 49.9 Å². The van der Waals surface area contributed by atoms with Crippen molar-refractivity contribution in [1.29, 1.82) is 0 Å². The molecule has 0 spiro atoms. The number of nitrogens with zero attached hydrogens (tertiary/aromatic N) is 2. The predicted molar refractivity (Wildman–Crippen MR) is 74.6 cm³/mol. The maximum absolute atomic E-state index is 12.9. The second kappa shape index (κ2) is 5.85. The van der Waals surface area contributed by atoms with Gasteiger partial charge in [-0.3, -0.25) is 0 Å². The molecule has 1 atom stereocenters. The van der Waals surface area contributed by atoms with Gasteiger partial charge < -0.3 is 9.87 Å². The smallest absolute Gasteiger partial charge is 0.421 e. The first-order chi connectivity index (χ1) is 9.98. The molecule has 0 radical (unpaired) electrons. The van der Waals surface area contributed by atoms with E-state index in [4.69, 9.17) is 0 Å². The van der Waals surface area contributed by atoms with Crippen LogP contribution in [0.2, 0.25) is 0 Å². The highest BCUT2D eigenvalue weighted by atomic mass is 32.2.